The monoisotopic (exact) mass is 1270 g/mol. The first-order valence-corrected chi connectivity index (χ1v) is 33.0. The van der Waals surface area contributed by atoms with Gasteiger partial charge in [-0.3, -0.25) is 32.4 Å². The highest BCUT2D eigenvalue weighted by Crippen LogP contribution is 2.52. The molecule has 1 saturated heterocycles. The van der Waals surface area contributed by atoms with Crippen LogP contribution in [0.5, 0.6) is 0 Å². The maximum absolute atomic E-state index is 12.6. The van der Waals surface area contributed by atoms with Crippen LogP contribution in [-0.4, -0.2) is 153 Å². The van der Waals surface area contributed by atoms with Crippen molar-refractivity contribution >= 4 is 95.6 Å². The Morgan fingerprint density at radius 1 is 0.643 bits per heavy atom. The lowest BCUT2D eigenvalue weighted by molar-refractivity contribution is -0.198. The Kier molecular flexibility index (Phi) is 21.6. The van der Waals surface area contributed by atoms with Gasteiger partial charge in [0.25, 0.3) is 62.4 Å². The highest BCUT2D eigenvalue weighted by molar-refractivity contribution is 7.87. The number of aryl methyl sites for hydroxylation is 1. The summed E-state index contributed by atoms with van der Waals surface area (Å²) in [5, 5.41) is 0.442. The molecule has 458 valence electrons. The lowest BCUT2D eigenvalue weighted by Gasteiger charge is -2.34. The molecular formula is C54H64N2O23S5. The van der Waals surface area contributed by atoms with E-state index < -0.39 is 105 Å². The molecule has 5 N–H and O–H groups in total. The number of hydrogen-bond acceptors (Lipinski definition) is 19. The molecule has 0 aromatic heterocycles. The zero-order valence-corrected chi connectivity index (χ0v) is 50.1. The van der Waals surface area contributed by atoms with Gasteiger partial charge in [-0.25, -0.2) is 4.79 Å². The molecule has 4 aromatic carbocycles. The number of hydrogen-bond donors (Lipinski definition) is 5. The molecule has 30 heteroatoms. The maximum atomic E-state index is 12.6. The summed E-state index contributed by atoms with van der Waals surface area (Å²) < 4.78 is 196. The van der Waals surface area contributed by atoms with Gasteiger partial charge < -0.3 is 28.7 Å². The van der Waals surface area contributed by atoms with E-state index in [0.29, 0.717) is 45.3 Å². The number of carbonyl (C=O) groups excluding carboxylic acids is 3. The SMILES string of the molecule is C=C(/C=C/C=C/C=C/C=C1/N(CCOCCOCCOCCOCCC(=O)ON2C(=O)CCC2=O)c2ccc3c(S(=O)(=O)O)cc(S(=O)(=O)O)cc3c2C1(C)C)C(C)(CCCS(=O)(=O)O)c1c(C)ccc2c(S(=O)(=O)O)cc(S(=O)(=O)O)cc12. The van der Waals surface area contributed by atoms with Crippen LogP contribution < -0.4 is 4.90 Å². The van der Waals surface area contributed by atoms with Crippen molar-refractivity contribution in [3.05, 3.63) is 126 Å². The Labute approximate surface area is 486 Å². The lowest BCUT2D eigenvalue weighted by Crippen LogP contribution is -2.32. The number of rotatable bonds is 30. The average Bonchev–Trinajstić information content (AvgIpc) is 1.47. The van der Waals surface area contributed by atoms with Crippen LogP contribution in [0.3, 0.4) is 0 Å². The van der Waals surface area contributed by atoms with E-state index in [1.54, 1.807) is 62.4 Å². The Morgan fingerprint density at radius 2 is 1.13 bits per heavy atom. The number of amides is 2. The molecule has 2 aliphatic rings. The minimum Gasteiger partial charge on any atom is -0.378 e. The summed E-state index contributed by atoms with van der Waals surface area (Å²) in [5.74, 6) is -2.62. The number of allylic oxidation sites excluding steroid dienone is 9. The largest absolute Gasteiger partial charge is 0.378 e. The number of ether oxygens (including phenoxy) is 4. The fraction of sp³-hybridized carbons (Fsp3) is 0.389. The molecule has 25 nitrogen and oxygen atoms in total. The average molecular weight is 1270 g/mol. The minimum atomic E-state index is -5.07. The van der Waals surface area contributed by atoms with Crippen LogP contribution in [0.15, 0.2) is 128 Å². The Bertz CT molecular complexity index is 3930. The van der Waals surface area contributed by atoms with Gasteiger partial charge in [0.2, 0.25) is 0 Å². The third kappa shape index (κ3) is 16.7. The van der Waals surface area contributed by atoms with E-state index in [0.717, 1.165) is 12.1 Å². The maximum Gasteiger partial charge on any atom is 0.335 e. The molecule has 4 aromatic rings. The third-order valence-corrected chi connectivity index (χ3v) is 18.1. The normalized spacial score (nSPS) is 16.6. The Morgan fingerprint density at radius 3 is 1.67 bits per heavy atom. The quantitative estimate of drug-likeness (QED) is 0.0168. The predicted octanol–water partition coefficient (Wildman–Crippen LogP) is 6.18. The van der Waals surface area contributed by atoms with Crippen molar-refractivity contribution < 1.29 is 103 Å². The summed E-state index contributed by atoms with van der Waals surface area (Å²) in [6.07, 6.45) is 11.1. The number of carbonyl (C=O) groups is 3. The second kappa shape index (κ2) is 27.1. The van der Waals surface area contributed by atoms with Gasteiger partial charge in [0.1, 0.15) is 9.79 Å². The molecule has 0 aliphatic carbocycles. The number of benzene rings is 4. The lowest BCUT2D eigenvalue weighted by atomic mass is 9.70. The van der Waals surface area contributed by atoms with Gasteiger partial charge in [0, 0.05) is 52.4 Å². The summed E-state index contributed by atoms with van der Waals surface area (Å²) in [7, 11) is -24.6. The van der Waals surface area contributed by atoms with Gasteiger partial charge >= 0.3 is 5.97 Å². The summed E-state index contributed by atoms with van der Waals surface area (Å²) in [4.78, 5) is 38.6. The van der Waals surface area contributed by atoms with E-state index >= 15 is 0 Å². The Hall–Kier alpha value is -6.10. The summed E-state index contributed by atoms with van der Waals surface area (Å²) in [5.41, 5.74) is 0.351. The molecule has 2 aliphatic heterocycles. The van der Waals surface area contributed by atoms with E-state index in [-0.39, 0.29) is 119 Å². The summed E-state index contributed by atoms with van der Waals surface area (Å²) in [6.45, 7) is 12.5. The summed E-state index contributed by atoms with van der Waals surface area (Å²) >= 11 is 0. The second-order valence-corrected chi connectivity index (χ2v) is 27.3. The van der Waals surface area contributed by atoms with Crippen LogP contribution in [0.25, 0.3) is 21.5 Å². The van der Waals surface area contributed by atoms with Crippen LogP contribution in [0, 0.1) is 6.92 Å². The van der Waals surface area contributed by atoms with E-state index in [1.807, 2.05) is 18.7 Å². The van der Waals surface area contributed by atoms with E-state index in [1.165, 1.54) is 18.2 Å². The molecule has 1 atom stereocenters. The highest BCUT2D eigenvalue weighted by atomic mass is 32.2. The molecule has 1 unspecified atom stereocenters. The zero-order valence-electron chi connectivity index (χ0n) is 46.0. The third-order valence-electron chi connectivity index (χ3n) is 13.9. The van der Waals surface area contributed by atoms with Crippen LogP contribution >= 0.6 is 0 Å². The smallest absolute Gasteiger partial charge is 0.335 e. The molecule has 2 amide bonds. The fourth-order valence-corrected chi connectivity index (χ4v) is 13.1. The van der Waals surface area contributed by atoms with Crippen LogP contribution in [0.4, 0.5) is 5.69 Å². The molecule has 1 fully saturated rings. The van der Waals surface area contributed by atoms with Gasteiger partial charge in [0.15, 0.2) is 0 Å². The second-order valence-electron chi connectivity index (χ2n) is 20.1. The van der Waals surface area contributed by atoms with Crippen molar-refractivity contribution in [3.8, 4) is 0 Å². The first-order chi connectivity index (χ1) is 39.1. The summed E-state index contributed by atoms with van der Waals surface area (Å²) in [6, 6.07) is 9.34. The van der Waals surface area contributed by atoms with Gasteiger partial charge in [-0.1, -0.05) is 82.0 Å². The minimum absolute atomic E-state index is 0.0124. The van der Waals surface area contributed by atoms with Crippen LogP contribution in [0.1, 0.15) is 69.6 Å². The van der Waals surface area contributed by atoms with E-state index in [9.17, 15) is 79.2 Å². The van der Waals surface area contributed by atoms with Crippen molar-refractivity contribution in [2.75, 3.05) is 70.1 Å². The topological polar surface area (TPSA) is 376 Å². The molecule has 0 saturated carbocycles. The fourth-order valence-electron chi connectivity index (χ4n) is 9.95. The van der Waals surface area contributed by atoms with Crippen molar-refractivity contribution in [3.63, 3.8) is 0 Å². The predicted molar refractivity (Wildman–Crippen MR) is 305 cm³/mol. The molecule has 2 heterocycles. The molecule has 0 spiro atoms. The van der Waals surface area contributed by atoms with Crippen molar-refractivity contribution in [2.45, 2.75) is 90.2 Å². The molecule has 6 rings (SSSR count). The van der Waals surface area contributed by atoms with Crippen LogP contribution in [-0.2, 0) is 99.6 Å². The number of imide groups is 1. The van der Waals surface area contributed by atoms with Gasteiger partial charge in [-0.2, -0.15) is 42.1 Å². The highest BCUT2D eigenvalue weighted by Gasteiger charge is 2.42. The zero-order chi connectivity index (χ0) is 62.2. The van der Waals surface area contributed by atoms with Crippen molar-refractivity contribution in [1.29, 1.82) is 0 Å². The van der Waals surface area contributed by atoms with E-state index in [4.69, 9.17) is 23.8 Å². The number of hydroxylamine groups is 2. The Balaban J connectivity index is 1.18. The van der Waals surface area contributed by atoms with Gasteiger partial charge in [-0.15, -0.1) is 5.06 Å². The number of fused-ring (bicyclic) bond motifs is 4. The number of nitrogens with zero attached hydrogens (tertiary/aromatic N) is 2. The van der Waals surface area contributed by atoms with E-state index in [2.05, 4.69) is 6.58 Å². The molecule has 0 bridgehead atoms. The van der Waals surface area contributed by atoms with Crippen LogP contribution in [0.2, 0.25) is 0 Å². The van der Waals surface area contributed by atoms with Crippen molar-refractivity contribution in [2.24, 2.45) is 0 Å². The molecule has 0 radical (unpaired) electrons. The van der Waals surface area contributed by atoms with Gasteiger partial charge in [0.05, 0.1) is 74.8 Å². The number of anilines is 1. The molecule has 84 heavy (non-hydrogen) atoms. The molecular weight excluding hydrogens is 1200 g/mol. The standard InChI is InChI=1S/C54H64N2O23S5/c1-36-14-15-40-42(32-38(81(63,64)65)34-45(40)83(69,70)71)51(36)54(5,21-11-31-80(60,61)62)37(2)12-9-7-6-8-10-13-47-53(3,4)52-43-33-39(82(66,67)68)35-46(84(72,73)74)41(43)16-17-44(52)55(47)22-24-76-26-28-78-30-29-77-27-25-75-23-20-50(59)79-56-48(57)18-19-49(56)58/h6-10,12-17,32-35H,2,11,18-31H2,1,3-5H3,(H,60,61,62)(H,63,64,65)(H,66,67,68)(H,69,70,71)(H,72,73,74)/b7-6+,10-8+,12-9+,47-13+. The first kappa shape index (κ1) is 67.0. The first-order valence-electron chi connectivity index (χ1n) is 25.7. The van der Waals surface area contributed by atoms with Crippen molar-refractivity contribution in [1.82, 2.24) is 5.06 Å². The van der Waals surface area contributed by atoms with Gasteiger partial charge in [-0.05, 0) is 89.2 Å².